The second-order valence-corrected chi connectivity index (χ2v) is 5.69. The number of aromatic nitrogens is 2. The summed E-state index contributed by atoms with van der Waals surface area (Å²) in [6.07, 6.45) is 1.89. The summed E-state index contributed by atoms with van der Waals surface area (Å²) in [7, 11) is 0. The molecule has 1 aromatic carbocycles. The molecule has 0 aliphatic carbocycles. The topological polar surface area (TPSA) is 51.8 Å². The molecule has 4 heteroatoms. The third-order valence-electron chi connectivity index (χ3n) is 2.86. The first-order valence-electron chi connectivity index (χ1n) is 6.47. The van der Waals surface area contributed by atoms with Crippen LogP contribution in [0.4, 0.5) is 5.82 Å². The zero-order valence-electron chi connectivity index (χ0n) is 11.6. The Hall–Kier alpha value is -1.55. The van der Waals surface area contributed by atoms with Crippen LogP contribution < -0.4 is 5.73 Å². The summed E-state index contributed by atoms with van der Waals surface area (Å²) in [6, 6.07) is 8.40. The number of nitrogen functional groups attached to an aromatic ring is 1. The summed E-state index contributed by atoms with van der Waals surface area (Å²) >= 11 is 1.65. The highest BCUT2D eigenvalue weighted by Gasteiger charge is 2.10. The highest BCUT2D eigenvalue weighted by molar-refractivity contribution is 7.99. The van der Waals surface area contributed by atoms with Crippen molar-refractivity contribution in [3.63, 3.8) is 0 Å². The molecule has 0 saturated heterocycles. The molecule has 0 bridgehead atoms. The van der Waals surface area contributed by atoms with E-state index >= 15 is 0 Å². The molecule has 0 atom stereocenters. The van der Waals surface area contributed by atoms with E-state index in [-0.39, 0.29) is 0 Å². The molecular weight excluding hydrogens is 254 g/mol. The molecule has 2 aromatic rings. The second-order valence-electron chi connectivity index (χ2n) is 4.62. The molecule has 0 amide bonds. The van der Waals surface area contributed by atoms with Crippen LogP contribution in [0.5, 0.6) is 0 Å². The molecule has 2 N–H and O–H groups in total. The van der Waals surface area contributed by atoms with Gasteiger partial charge in [0.15, 0.2) is 0 Å². The lowest BCUT2D eigenvalue weighted by Gasteiger charge is -2.09. The van der Waals surface area contributed by atoms with Crippen molar-refractivity contribution in [1.82, 2.24) is 9.97 Å². The van der Waals surface area contributed by atoms with Crippen LogP contribution in [0.2, 0.25) is 0 Å². The van der Waals surface area contributed by atoms with E-state index in [2.05, 4.69) is 48.1 Å². The zero-order chi connectivity index (χ0) is 13.8. The van der Waals surface area contributed by atoms with Crippen molar-refractivity contribution in [3.05, 3.63) is 41.2 Å². The van der Waals surface area contributed by atoms with E-state index in [0.29, 0.717) is 5.82 Å². The maximum absolute atomic E-state index is 5.97. The maximum Gasteiger partial charge on any atom is 0.132 e. The number of hydrogen-bond acceptors (Lipinski definition) is 4. The molecule has 100 valence electrons. The minimum atomic E-state index is 0.591. The highest BCUT2D eigenvalue weighted by Crippen LogP contribution is 2.30. The average molecular weight is 273 g/mol. The average Bonchev–Trinajstić information content (AvgIpc) is 2.36. The largest absolute Gasteiger partial charge is 0.383 e. The van der Waals surface area contributed by atoms with Gasteiger partial charge in [-0.3, -0.25) is 0 Å². The van der Waals surface area contributed by atoms with Gasteiger partial charge in [-0.05, 0) is 32.4 Å². The summed E-state index contributed by atoms with van der Waals surface area (Å²) < 4.78 is 0. The minimum absolute atomic E-state index is 0.591. The Labute approximate surface area is 118 Å². The second kappa shape index (κ2) is 6.06. The van der Waals surface area contributed by atoms with Crippen LogP contribution >= 0.6 is 11.8 Å². The van der Waals surface area contributed by atoms with Gasteiger partial charge in [-0.1, -0.05) is 36.4 Å². The van der Waals surface area contributed by atoms with E-state index < -0.39 is 0 Å². The standard InChI is InChI=1S/C15H19N3S/c1-4-6-13-17-14(16)11(3)15(18-13)19-12-8-5-7-10(2)9-12/h5,7-9H,4,6H2,1-3H3,(H2,16,17,18). The highest BCUT2D eigenvalue weighted by atomic mass is 32.2. The number of anilines is 1. The first-order chi connectivity index (χ1) is 9.10. The molecule has 1 aromatic heterocycles. The van der Waals surface area contributed by atoms with Gasteiger partial charge in [0.25, 0.3) is 0 Å². The Kier molecular flexibility index (Phi) is 4.43. The molecule has 0 saturated carbocycles. The van der Waals surface area contributed by atoms with Crippen molar-refractivity contribution in [2.45, 2.75) is 43.5 Å². The number of benzene rings is 1. The van der Waals surface area contributed by atoms with Crippen LogP contribution in [0.3, 0.4) is 0 Å². The van der Waals surface area contributed by atoms with Crippen LogP contribution in [0.1, 0.15) is 30.3 Å². The Balaban J connectivity index is 2.33. The fourth-order valence-corrected chi connectivity index (χ4v) is 2.81. The van der Waals surface area contributed by atoms with E-state index in [0.717, 1.165) is 29.3 Å². The molecule has 2 rings (SSSR count). The van der Waals surface area contributed by atoms with Gasteiger partial charge in [-0.25, -0.2) is 9.97 Å². The van der Waals surface area contributed by atoms with Gasteiger partial charge in [0.1, 0.15) is 16.7 Å². The third-order valence-corrected chi connectivity index (χ3v) is 3.94. The first kappa shape index (κ1) is 13.9. The SMILES string of the molecule is CCCc1nc(N)c(C)c(Sc2cccc(C)c2)n1. The van der Waals surface area contributed by atoms with E-state index in [4.69, 9.17) is 5.73 Å². The lowest BCUT2D eigenvalue weighted by Crippen LogP contribution is -2.04. The summed E-state index contributed by atoms with van der Waals surface area (Å²) in [5.74, 6) is 1.43. The van der Waals surface area contributed by atoms with E-state index in [1.807, 2.05) is 6.92 Å². The summed E-state index contributed by atoms with van der Waals surface area (Å²) in [4.78, 5) is 10.1. The molecule has 0 unspecified atom stereocenters. The Bertz CT molecular complexity index is 582. The molecule has 0 radical (unpaired) electrons. The predicted octanol–water partition coefficient (Wildman–Crippen LogP) is 3.78. The van der Waals surface area contributed by atoms with Crippen LogP contribution in [-0.4, -0.2) is 9.97 Å². The van der Waals surface area contributed by atoms with Crippen LogP contribution in [-0.2, 0) is 6.42 Å². The molecular formula is C15H19N3S. The third kappa shape index (κ3) is 3.47. The summed E-state index contributed by atoms with van der Waals surface area (Å²) in [6.45, 7) is 6.18. The molecule has 1 heterocycles. The molecule has 19 heavy (non-hydrogen) atoms. The van der Waals surface area contributed by atoms with E-state index in [1.54, 1.807) is 11.8 Å². The number of rotatable bonds is 4. The number of nitrogens with two attached hydrogens (primary N) is 1. The van der Waals surface area contributed by atoms with Gasteiger partial charge in [0.05, 0.1) is 0 Å². The molecule has 0 aliphatic heterocycles. The van der Waals surface area contributed by atoms with Crippen molar-refractivity contribution < 1.29 is 0 Å². The fraction of sp³-hybridized carbons (Fsp3) is 0.333. The van der Waals surface area contributed by atoms with Crippen molar-refractivity contribution in [2.24, 2.45) is 0 Å². The van der Waals surface area contributed by atoms with Crippen molar-refractivity contribution in [3.8, 4) is 0 Å². The predicted molar refractivity (Wildman–Crippen MR) is 80.5 cm³/mol. The number of nitrogens with zero attached hydrogens (tertiary/aromatic N) is 2. The minimum Gasteiger partial charge on any atom is -0.383 e. The molecule has 0 fully saturated rings. The molecule has 0 spiro atoms. The van der Waals surface area contributed by atoms with Crippen LogP contribution in [0.15, 0.2) is 34.2 Å². The van der Waals surface area contributed by atoms with Crippen molar-refractivity contribution >= 4 is 17.6 Å². The fourth-order valence-electron chi connectivity index (χ4n) is 1.78. The Morgan fingerprint density at radius 2 is 2.00 bits per heavy atom. The van der Waals surface area contributed by atoms with Crippen LogP contribution in [0, 0.1) is 13.8 Å². The molecule has 0 aliphatic rings. The van der Waals surface area contributed by atoms with E-state index in [9.17, 15) is 0 Å². The van der Waals surface area contributed by atoms with E-state index in [1.165, 1.54) is 10.5 Å². The van der Waals surface area contributed by atoms with Gasteiger partial charge < -0.3 is 5.73 Å². The van der Waals surface area contributed by atoms with Crippen molar-refractivity contribution in [2.75, 3.05) is 5.73 Å². The maximum atomic E-state index is 5.97. The Morgan fingerprint density at radius 1 is 1.21 bits per heavy atom. The van der Waals surface area contributed by atoms with Gasteiger partial charge >= 0.3 is 0 Å². The summed E-state index contributed by atoms with van der Waals surface area (Å²) in [5, 5.41) is 0.960. The monoisotopic (exact) mass is 273 g/mol. The smallest absolute Gasteiger partial charge is 0.132 e. The summed E-state index contributed by atoms with van der Waals surface area (Å²) in [5.41, 5.74) is 8.18. The zero-order valence-corrected chi connectivity index (χ0v) is 12.4. The Morgan fingerprint density at radius 3 is 2.68 bits per heavy atom. The van der Waals surface area contributed by atoms with Gasteiger partial charge in [0.2, 0.25) is 0 Å². The lowest BCUT2D eigenvalue weighted by atomic mass is 10.2. The van der Waals surface area contributed by atoms with Crippen LogP contribution in [0.25, 0.3) is 0 Å². The lowest BCUT2D eigenvalue weighted by molar-refractivity contribution is 0.805. The first-order valence-corrected chi connectivity index (χ1v) is 7.29. The number of aryl methyl sites for hydroxylation is 2. The molecule has 3 nitrogen and oxygen atoms in total. The van der Waals surface area contributed by atoms with Gasteiger partial charge in [-0.15, -0.1) is 0 Å². The van der Waals surface area contributed by atoms with Gasteiger partial charge in [-0.2, -0.15) is 0 Å². The number of hydrogen-bond donors (Lipinski definition) is 1. The normalized spacial score (nSPS) is 10.7. The van der Waals surface area contributed by atoms with Crippen molar-refractivity contribution in [1.29, 1.82) is 0 Å². The quantitative estimate of drug-likeness (QED) is 0.861. The van der Waals surface area contributed by atoms with Gasteiger partial charge in [0, 0.05) is 16.9 Å².